The molecule has 4 aromatic rings. The third-order valence-electron chi connectivity index (χ3n) is 5.78. The molecule has 7 heteroatoms. The van der Waals surface area contributed by atoms with Crippen LogP contribution in [0.2, 0.25) is 0 Å². The Morgan fingerprint density at radius 3 is 2.28 bits per heavy atom. The number of ketones is 1. The van der Waals surface area contributed by atoms with Gasteiger partial charge in [0.25, 0.3) is 0 Å². The Hall–Kier alpha value is -4.26. The highest BCUT2D eigenvalue weighted by molar-refractivity contribution is 5.97. The number of aryl methyl sites for hydroxylation is 2. The van der Waals surface area contributed by atoms with Gasteiger partial charge in [0.1, 0.15) is 11.3 Å². The lowest BCUT2D eigenvalue weighted by molar-refractivity contribution is 0.0920. The van der Waals surface area contributed by atoms with Crippen LogP contribution < -0.4 is 24.4 Å². The molecule has 3 aromatic carbocycles. The average Bonchev–Trinajstić information content (AvgIpc) is 2.87. The molecule has 0 spiro atoms. The quantitative estimate of drug-likeness (QED) is 0.277. The molecule has 0 unspecified atom stereocenters. The first-order valence-corrected chi connectivity index (χ1v) is 11.6. The van der Waals surface area contributed by atoms with Crippen LogP contribution in [0.1, 0.15) is 28.4 Å². The molecule has 36 heavy (non-hydrogen) atoms. The molecule has 0 radical (unpaired) electrons. The maximum Gasteiger partial charge on any atom is 0.235 e. The number of rotatable bonds is 9. The Balaban J connectivity index is 1.78. The van der Waals surface area contributed by atoms with Crippen molar-refractivity contribution in [3.8, 4) is 34.3 Å². The summed E-state index contributed by atoms with van der Waals surface area (Å²) in [6.07, 6.45) is 0. The SMILES string of the molecule is CCOc1ccc(C(=O)COc2c(-c3ccc(OC)c(OC)c3)oc3cc(C)cc(C)c3c2=O)cc1. The van der Waals surface area contributed by atoms with E-state index in [0.29, 0.717) is 46.0 Å². The van der Waals surface area contributed by atoms with Crippen molar-refractivity contribution >= 4 is 16.8 Å². The van der Waals surface area contributed by atoms with Gasteiger partial charge in [-0.25, -0.2) is 0 Å². The molecule has 0 bridgehead atoms. The predicted molar refractivity (Wildman–Crippen MR) is 138 cm³/mol. The van der Waals surface area contributed by atoms with Gasteiger partial charge >= 0.3 is 0 Å². The number of Topliss-reactive ketones (excluding diaryl/α,β-unsaturated/α-hetero) is 1. The third-order valence-corrected chi connectivity index (χ3v) is 5.78. The minimum atomic E-state index is -0.349. The summed E-state index contributed by atoms with van der Waals surface area (Å²) >= 11 is 0. The number of fused-ring (bicyclic) bond motifs is 1. The van der Waals surface area contributed by atoms with Crippen LogP contribution in [0.25, 0.3) is 22.3 Å². The van der Waals surface area contributed by atoms with Crippen molar-refractivity contribution in [2.24, 2.45) is 0 Å². The highest BCUT2D eigenvalue weighted by atomic mass is 16.5. The van der Waals surface area contributed by atoms with Gasteiger partial charge in [0.15, 0.2) is 29.6 Å². The Labute approximate surface area is 209 Å². The first-order valence-electron chi connectivity index (χ1n) is 11.6. The zero-order valence-corrected chi connectivity index (χ0v) is 21.0. The van der Waals surface area contributed by atoms with Gasteiger partial charge in [0.2, 0.25) is 11.2 Å². The number of hydrogen-bond acceptors (Lipinski definition) is 7. The molecule has 0 saturated heterocycles. The van der Waals surface area contributed by atoms with Crippen molar-refractivity contribution in [2.75, 3.05) is 27.4 Å². The van der Waals surface area contributed by atoms with Gasteiger partial charge in [0, 0.05) is 11.1 Å². The molecule has 1 heterocycles. The van der Waals surface area contributed by atoms with E-state index < -0.39 is 0 Å². The summed E-state index contributed by atoms with van der Waals surface area (Å²) in [5, 5.41) is 0.411. The standard InChI is InChI=1S/C29H28O7/c1-6-34-21-10-7-19(8-11-21)22(30)16-35-29-27(31)26-18(3)13-17(2)14-25(26)36-28(29)20-9-12-23(32-4)24(15-20)33-5/h7-15H,6,16H2,1-5H3. The lowest BCUT2D eigenvalue weighted by Gasteiger charge is -2.14. The van der Waals surface area contributed by atoms with Crippen LogP contribution in [-0.2, 0) is 0 Å². The van der Waals surface area contributed by atoms with Gasteiger partial charge in [-0.3, -0.25) is 9.59 Å². The van der Waals surface area contributed by atoms with E-state index >= 15 is 0 Å². The van der Waals surface area contributed by atoms with Gasteiger partial charge in [-0.15, -0.1) is 0 Å². The first-order chi connectivity index (χ1) is 17.4. The summed E-state index contributed by atoms with van der Waals surface area (Å²) in [5.74, 6) is 1.56. The summed E-state index contributed by atoms with van der Waals surface area (Å²) in [5.41, 5.74) is 2.81. The zero-order valence-electron chi connectivity index (χ0n) is 21.0. The van der Waals surface area contributed by atoms with Gasteiger partial charge in [0.05, 0.1) is 26.2 Å². The number of methoxy groups -OCH3 is 2. The molecular formula is C29H28O7. The summed E-state index contributed by atoms with van der Waals surface area (Å²) in [6, 6.07) is 15.7. The summed E-state index contributed by atoms with van der Waals surface area (Å²) < 4.78 is 28.3. The highest BCUT2D eigenvalue weighted by Crippen LogP contribution is 2.37. The van der Waals surface area contributed by atoms with Crippen molar-refractivity contribution in [3.63, 3.8) is 0 Å². The first kappa shape index (κ1) is 24.9. The van der Waals surface area contributed by atoms with E-state index in [4.69, 9.17) is 23.4 Å². The van der Waals surface area contributed by atoms with Crippen molar-refractivity contribution in [3.05, 3.63) is 81.5 Å². The molecule has 0 aliphatic carbocycles. The van der Waals surface area contributed by atoms with Crippen molar-refractivity contribution in [2.45, 2.75) is 20.8 Å². The second kappa shape index (κ2) is 10.6. The van der Waals surface area contributed by atoms with Crippen LogP contribution in [0.15, 0.2) is 63.8 Å². The summed E-state index contributed by atoms with van der Waals surface area (Å²) in [6.45, 7) is 5.86. The molecule has 0 atom stereocenters. The molecule has 1 aromatic heterocycles. The molecule has 4 rings (SSSR count). The van der Waals surface area contributed by atoms with Gasteiger partial charge in [-0.05, 0) is 80.4 Å². The van der Waals surface area contributed by atoms with Crippen molar-refractivity contribution in [1.29, 1.82) is 0 Å². The molecule has 0 saturated carbocycles. The molecule has 0 fully saturated rings. The zero-order chi connectivity index (χ0) is 25.8. The third kappa shape index (κ3) is 4.91. The van der Waals surface area contributed by atoms with E-state index in [1.807, 2.05) is 32.9 Å². The van der Waals surface area contributed by atoms with E-state index in [2.05, 4.69) is 0 Å². The van der Waals surface area contributed by atoms with Gasteiger partial charge < -0.3 is 23.4 Å². The van der Waals surface area contributed by atoms with E-state index in [1.54, 1.807) is 49.6 Å². The summed E-state index contributed by atoms with van der Waals surface area (Å²) in [7, 11) is 3.07. The molecule has 0 amide bonds. The Morgan fingerprint density at radius 1 is 0.889 bits per heavy atom. The van der Waals surface area contributed by atoms with Crippen LogP contribution in [-0.4, -0.2) is 33.2 Å². The Kier molecular flexibility index (Phi) is 7.29. The molecule has 7 nitrogen and oxygen atoms in total. The largest absolute Gasteiger partial charge is 0.494 e. The maximum absolute atomic E-state index is 13.6. The van der Waals surface area contributed by atoms with E-state index in [9.17, 15) is 9.59 Å². The Bertz CT molecular complexity index is 1470. The number of carbonyl (C=O) groups excluding carboxylic acids is 1. The Morgan fingerprint density at radius 2 is 1.61 bits per heavy atom. The summed E-state index contributed by atoms with van der Waals surface area (Å²) in [4.78, 5) is 26.5. The smallest absolute Gasteiger partial charge is 0.235 e. The predicted octanol–water partition coefficient (Wildman–Crippen LogP) is 5.75. The lowest BCUT2D eigenvalue weighted by Crippen LogP contribution is -2.17. The van der Waals surface area contributed by atoms with Crippen molar-refractivity contribution in [1.82, 2.24) is 0 Å². The maximum atomic E-state index is 13.6. The topological polar surface area (TPSA) is 84.2 Å². The van der Waals surface area contributed by atoms with E-state index in [-0.39, 0.29) is 29.3 Å². The fourth-order valence-corrected chi connectivity index (χ4v) is 4.10. The van der Waals surface area contributed by atoms with Crippen LogP contribution in [0, 0.1) is 13.8 Å². The second-order valence-electron chi connectivity index (χ2n) is 8.28. The fourth-order valence-electron chi connectivity index (χ4n) is 4.10. The van der Waals surface area contributed by atoms with E-state index in [1.165, 1.54) is 7.11 Å². The number of benzene rings is 3. The molecular weight excluding hydrogens is 460 g/mol. The van der Waals surface area contributed by atoms with Crippen LogP contribution in [0.3, 0.4) is 0 Å². The minimum absolute atomic E-state index is 0.0408. The minimum Gasteiger partial charge on any atom is -0.494 e. The average molecular weight is 489 g/mol. The lowest BCUT2D eigenvalue weighted by atomic mass is 10.0. The van der Waals surface area contributed by atoms with Crippen molar-refractivity contribution < 1.29 is 28.2 Å². The van der Waals surface area contributed by atoms with Gasteiger partial charge in [-0.1, -0.05) is 6.07 Å². The van der Waals surface area contributed by atoms with E-state index in [0.717, 1.165) is 11.1 Å². The number of hydrogen-bond donors (Lipinski definition) is 0. The van der Waals surface area contributed by atoms with Crippen LogP contribution >= 0.6 is 0 Å². The number of carbonyl (C=O) groups is 1. The molecule has 0 N–H and O–H groups in total. The normalized spacial score (nSPS) is 10.8. The highest BCUT2D eigenvalue weighted by Gasteiger charge is 2.22. The van der Waals surface area contributed by atoms with Gasteiger partial charge in [-0.2, -0.15) is 0 Å². The number of ether oxygens (including phenoxy) is 4. The molecule has 186 valence electrons. The fraction of sp³-hybridized carbons (Fsp3) is 0.241. The monoisotopic (exact) mass is 488 g/mol. The van der Waals surface area contributed by atoms with Crippen LogP contribution in [0.4, 0.5) is 0 Å². The second-order valence-corrected chi connectivity index (χ2v) is 8.28. The molecule has 0 aliphatic heterocycles. The van der Waals surface area contributed by atoms with Crippen LogP contribution in [0.5, 0.6) is 23.0 Å². The molecule has 0 aliphatic rings.